The molecule has 1 aromatic carbocycles. The number of alkyl halides is 3. The van der Waals surface area contributed by atoms with Crippen molar-refractivity contribution >= 4 is 12.0 Å². The molecule has 0 aliphatic rings. The summed E-state index contributed by atoms with van der Waals surface area (Å²) >= 11 is 0. The molecule has 0 fully saturated rings. The van der Waals surface area contributed by atoms with Gasteiger partial charge in [-0.2, -0.15) is 0 Å². The van der Waals surface area contributed by atoms with Crippen molar-refractivity contribution in [2.45, 2.75) is 13.3 Å². The van der Waals surface area contributed by atoms with E-state index >= 15 is 0 Å². The molecule has 0 spiro atoms. The number of carboxylic acids is 1. The molecule has 1 aromatic rings. The molecule has 1 N–H and O–H groups in total. The van der Waals surface area contributed by atoms with Gasteiger partial charge >= 0.3 is 12.3 Å². The fourth-order valence-corrected chi connectivity index (χ4v) is 1.11. The number of carboxylic acid groups (broad SMARTS) is 1. The highest BCUT2D eigenvalue weighted by atomic mass is 19.4. The molecule has 17 heavy (non-hydrogen) atoms. The van der Waals surface area contributed by atoms with Crippen molar-refractivity contribution in [2.24, 2.45) is 0 Å². The quantitative estimate of drug-likeness (QED) is 0.833. The van der Waals surface area contributed by atoms with Gasteiger partial charge in [0.2, 0.25) is 0 Å². The van der Waals surface area contributed by atoms with Crippen LogP contribution in [-0.4, -0.2) is 17.4 Å². The van der Waals surface area contributed by atoms with Crippen LogP contribution in [0, 0.1) is 0 Å². The lowest BCUT2D eigenvalue weighted by molar-refractivity contribution is -0.274. The SMILES string of the molecule is C/C(=C\c1ccccc1OC(F)(F)F)C(=O)O. The molecule has 0 radical (unpaired) electrons. The number of hydrogen-bond acceptors (Lipinski definition) is 2. The molecule has 0 atom stereocenters. The minimum absolute atomic E-state index is 0.0599. The van der Waals surface area contributed by atoms with Crippen LogP contribution in [0.25, 0.3) is 6.08 Å². The minimum Gasteiger partial charge on any atom is -0.478 e. The van der Waals surface area contributed by atoms with E-state index in [-0.39, 0.29) is 11.1 Å². The first-order chi connectivity index (χ1) is 7.79. The summed E-state index contributed by atoms with van der Waals surface area (Å²) in [4.78, 5) is 10.6. The second-order valence-electron chi connectivity index (χ2n) is 3.22. The maximum absolute atomic E-state index is 12.1. The van der Waals surface area contributed by atoms with E-state index in [9.17, 15) is 18.0 Å². The van der Waals surface area contributed by atoms with Crippen LogP contribution in [0.4, 0.5) is 13.2 Å². The summed E-state index contributed by atoms with van der Waals surface area (Å²) in [6, 6.07) is 5.32. The Morgan fingerprint density at radius 1 is 1.35 bits per heavy atom. The largest absolute Gasteiger partial charge is 0.573 e. The fourth-order valence-electron chi connectivity index (χ4n) is 1.11. The molecule has 0 aliphatic carbocycles. The number of carbonyl (C=O) groups is 1. The molecule has 0 amide bonds. The van der Waals surface area contributed by atoms with Crippen molar-refractivity contribution in [1.29, 1.82) is 0 Å². The van der Waals surface area contributed by atoms with Crippen LogP contribution in [0.2, 0.25) is 0 Å². The first kappa shape index (κ1) is 13.1. The number of benzene rings is 1. The van der Waals surface area contributed by atoms with E-state index in [1.165, 1.54) is 25.1 Å². The van der Waals surface area contributed by atoms with E-state index in [0.29, 0.717) is 0 Å². The predicted octanol–water partition coefficient (Wildman–Crippen LogP) is 3.07. The zero-order chi connectivity index (χ0) is 13.1. The molecule has 0 bridgehead atoms. The minimum atomic E-state index is -4.80. The number of halogens is 3. The van der Waals surface area contributed by atoms with E-state index < -0.39 is 18.1 Å². The Hall–Kier alpha value is -1.98. The molecular formula is C11H9F3O3. The van der Waals surface area contributed by atoms with Crippen molar-refractivity contribution in [3.8, 4) is 5.75 Å². The van der Waals surface area contributed by atoms with Gasteiger partial charge in [0, 0.05) is 11.1 Å². The normalized spacial score (nSPS) is 12.4. The zero-order valence-corrected chi connectivity index (χ0v) is 8.78. The number of ether oxygens (including phenoxy) is 1. The average Bonchev–Trinajstić information content (AvgIpc) is 2.18. The molecule has 0 unspecified atom stereocenters. The van der Waals surface area contributed by atoms with Crippen molar-refractivity contribution < 1.29 is 27.8 Å². The average molecular weight is 246 g/mol. The maximum atomic E-state index is 12.1. The smallest absolute Gasteiger partial charge is 0.478 e. The van der Waals surface area contributed by atoms with E-state index in [2.05, 4.69) is 4.74 Å². The number of aliphatic carboxylic acids is 1. The summed E-state index contributed by atoms with van der Waals surface area (Å²) < 4.78 is 40.0. The van der Waals surface area contributed by atoms with Gasteiger partial charge in [-0.3, -0.25) is 0 Å². The van der Waals surface area contributed by atoms with Crippen LogP contribution < -0.4 is 4.74 Å². The van der Waals surface area contributed by atoms with Gasteiger partial charge < -0.3 is 9.84 Å². The highest BCUT2D eigenvalue weighted by Gasteiger charge is 2.31. The van der Waals surface area contributed by atoms with E-state index in [0.717, 1.165) is 12.1 Å². The number of para-hydroxylation sites is 1. The van der Waals surface area contributed by atoms with E-state index in [1.54, 1.807) is 0 Å². The van der Waals surface area contributed by atoms with Crippen molar-refractivity contribution in [1.82, 2.24) is 0 Å². The third kappa shape index (κ3) is 4.18. The van der Waals surface area contributed by atoms with Crippen LogP contribution >= 0.6 is 0 Å². The molecule has 0 heterocycles. The molecular weight excluding hydrogens is 237 g/mol. The molecule has 0 aromatic heterocycles. The molecule has 3 nitrogen and oxygen atoms in total. The fraction of sp³-hybridized carbons (Fsp3) is 0.182. The summed E-state index contributed by atoms with van der Waals surface area (Å²) in [6.45, 7) is 1.28. The van der Waals surface area contributed by atoms with Crippen LogP contribution in [0.3, 0.4) is 0 Å². The van der Waals surface area contributed by atoms with Gasteiger partial charge in [-0.25, -0.2) is 4.79 Å². The van der Waals surface area contributed by atoms with Crippen LogP contribution in [0.5, 0.6) is 5.75 Å². The lowest BCUT2D eigenvalue weighted by Gasteiger charge is -2.11. The summed E-state index contributed by atoms with van der Waals surface area (Å²) in [5, 5.41) is 8.64. The van der Waals surface area contributed by atoms with Gasteiger partial charge in [0.25, 0.3) is 0 Å². The van der Waals surface area contributed by atoms with Crippen LogP contribution in [0.15, 0.2) is 29.8 Å². The van der Waals surface area contributed by atoms with E-state index in [1.807, 2.05) is 0 Å². The summed E-state index contributed by atoms with van der Waals surface area (Å²) in [6.07, 6.45) is -3.69. The van der Waals surface area contributed by atoms with Crippen molar-refractivity contribution in [3.05, 3.63) is 35.4 Å². The van der Waals surface area contributed by atoms with Crippen molar-refractivity contribution in [2.75, 3.05) is 0 Å². The van der Waals surface area contributed by atoms with Crippen LogP contribution in [-0.2, 0) is 4.79 Å². The molecule has 92 valence electrons. The highest BCUT2D eigenvalue weighted by molar-refractivity contribution is 5.91. The zero-order valence-electron chi connectivity index (χ0n) is 8.78. The Morgan fingerprint density at radius 3 is 2.47 bits per heavy atom. The Labute approximate surface area is 95.1 Å². The van der Waals surface area contributed by atoms with Crippen molar-refractivity contribution in [3.63, 3.8) is 0 Å². The van der Waals surface area contributed by atoms with E-state index in [4.69, 9.17) is 5.11 Å². The second kappa shape index (κ2) is 4.90. The molecule has 6 heteroatoms. The molecule has 0 aliphatic heterocycles. The molecule has 0 saturated heterocycles. The van der Waals surface area contributed by atoms with Gasteiger partial charge in [0.1, 0.15) is 5.75 Å². The first-order valence-corrected chi connectivity index (χ1v) is 4.56. The predicted molar refractivity (Wildman–Crippen MR) is 54.4 cm³/mol. The molecule has 0 saturated carbocycles. The third-order valence-corrected chi connectivity index (χ3v) is 1.85. The third-order valence-electron chi connectivity index (χ3n) is 1.85. The lowest BCUT2D eigenvalue weighted by atomic mass is 10.1. The Kier molecular flexibility index (Phi) is 3.77. The highest BCUT2D eigenvalue weighted by Crippen LogP contribution is 2.27. The van der Waals surface area contributed by atoms with Gasteiger partial charge in [-0.15, -0.1) is 13.2 Å². The van der Waals surface area contributed by atoms with Gasteiger partial charge in [-0.1, -0.05) is 18.2 Å². The lowest BCUT2D eigenvalue weighted by Crippen LogP contribution is -2.17. The second-order valence-corrected chi connectivity index (χ2v) is 3.22. The van der Waals surface area contributed by atoms with Gasteiger partial charge in [0.05, 0.1) is 0 Å². The summed E-state index contributed by atoms with van der Waals surface area (Å²) in [7, 11) is 0. The number of rotatable bonds is 3. The Bertz CT molecular complexity index is 450. The topological polar surface area (TPSA) is 46.5 Å². The monoisotopic (exact) mass is 246 g/mol. The first-order valence-electron chi connectivity index (χ1n) is 4.56. The maximum Gasteiger partial charge on any atom is 0.573 e. The molecule has 1 rings (SSSR count). The summed E-state index contributed by atoms with van der Waals surface area (Å²) in [5.74, 6) is -1.63. The summed E-state index contributed by atoms with van der Waals surface area (Å²) in [5.41, 5.74) is -0.0204. The number of hydrogen-bond donors (Lipinski definition) is 1. The Morgan fingerprint density at radius 2 is 1.94 bits per heavy atom. The van der Waals surface area contributed by atoms with Gasteiger partial charge in [-0.05, 0) is 19.1 Å². The standard InChI is InChI=1S/C11H9F3O3/c1-7(10(15)16)6-8-4-2-3-5-9(8)17-11(12,13)14/h2-6H,1H3,(H,15,16)/b7-6+. The van der Waals surface area contributed by atoms with Crippen LogP contribution in [0.1, 0.15) is 12.5 Å². The van der Waals surface area contributed by atoms with Gasteiger partial charge in [0.15, 0.2) is 0 Å². The Balaban J connectivity index is 3.09.